The molecule has 2 heterocycles. The third-order valence-electron chi connectivity index (χ3n) is 4.42. The van der Waals surface area contributed by atoms with E-state index in [2.05, 4.69) is 0 Å². The number of rotatable bonds is 9. The van der Waals surface area contributed by atoms with E-state index in [1.165, 1.54) is 14.0 Å². The van der Waals surface area contributed by atoms with Gasteiger partial charge in [0.2, 0.25) is 0 Å². The normalized spacial score (nSPS) is 43.3. The summed E-state index contributed by atoms with van der Waals surface area (Å²) >= 11 is 0. The lowest BCUT2D eigenvalue weighted by atomic mass is 9.99. The molecule has 0 bridgehead atoms. The summed E-state index contributed by atoms with van der Waals surface area (Å²) in [6, 6.07) is 0. The van der Waals surface area contributed by atoms with Crippen molar-refractivity contribution in [1.82, 2.24) is 0 Å². The van der Waals surface area contributed by atoms with Gasteiger partial charge in [-0.1, -0.05) is 0 Å². The molecular formula is C13H26O10P2. The van der Waals surface area contributed by atoms with E-state index >= 15 is 0 Å². The lowest BCUT2D eigenvalue weighted by Gasteiger charge is -2.29. The van der Waals surface area contributed by atoms with E-state index in [0.29, 0.717) is 6.61 Å². The minimum Gasteiger partial charge on any atom is -0.394 e. The lowest BCUT2D eigenvalue weighted by Crippen LogP contribution is -2.44. The Bertz CT molecular complexity index is 464. The Kier molecular flexibility index (Phi) is 7.77. The Morgan fingerprint density at radius 3 is 2.52 bits per heavy atom. The fourth-order valence-electron chi connectivity index (χ4n) is 2.85. The first-order chi connectivity index (χ1) is 11.7. The first-order valence-corrected chi connectivity index (χ1v) is 9.85. The third kappa shape index (κ3) is 5.18. The monoisotopic (exact) mass is 404 g/mol. The summed E-state index contributed by atoms with van der Waals surface area (Å²) in [5.74, 6) is 0. The largest absolute Gasteiger partial charge is 0.394 e. The highest BCUT2D eigenvalue weighted by Gasteiger charge is 2.49. The maximum atomic E-state index is 10.9. The predicted molar refractivity (Wildman–Crippen MR) is 87.8 cm³/mol. The fourth-order valence-corrected chi connectivity index (χ4v) is 4.28. The molecule has 0 amide bonds. The van der Waals surface area contributed by atoms with E-state index < -0.39 is 52.9 Å². The second kappa shape index (κ2) is 8.99. The molecule has 25 heavy (non-hydrogen) atoms. The molecule has 0 radical (unpaired) electrons. The van der Waals surface area contributed by atoms with E-state index in [4.69, 9.17) is 32.7 Å². The van der Waals surface area contributed by atoms with Gasteiger partial charge in [-0.3, -0.25) is 4.57 Å². The molecule has 0 aromatic rings. The van der Waals surface area contributed by atoms with Gasteiger partial charge in [-0.25, -0.2) is 0 Å². The maximum absolute atomic E-state index is 10.9. The van der Waals surface area contributed by atoms with Crippen LogP contribution < -0.4 is 0 Å². The van der Waals surface area contributed by atoms with E-state index in [9.17, 15) is 14.8 Å². The molecular weight excluding hydrogens is 378 g/mol. The van der Waals surface area contributed by atoms with Gasteiger partial charge in [0.1, 0.15) is 35.6 Å². The quantitative estimate of drug-likeness (QED) is 0.345. The summed E-state index contributed by atoms with van der Waals surface area (Å²) in [5.41, 5.74) is -2.07. The molecule has 12 heteroatoms. The topological polar surface area (TPSA) is 133 Å². The molecule has 0 aliphatic carbocycles. The number of hydrogen-bond donors (Lipinski definition) is 3. The van der Waals surface area contributed by atoms with Crippen LogP contribution in [0.15, 0.2) is 0 Å². The van der Waals surface area contributed by atoms with Gasteiger partial charge in [0, 0.05) is 7.11 Å². The van der Waals surface area contributed by atoms with Crippen molar-refractivity contribution in [2.75, 3.05) is 33.5 Å². The Balaban J connectivity index is 1.83. The molecule has 148 valence electrons. The minimum absolute atomic E-state index is 0.00940. The zero-order chi connectivity index (χ0) is 18.7. The van der Waals surface area contributed by atoms with Gasteiger partial charge in [0.15, 0.2) is 9.03 Å². The number of ether oxygens (including phenoxy) is 3. The van der Waals surface area contributed by atoms with Crippen LogP contribution in [0.3, 0.4) is 0 Å². The summed E-state index contributed by atoms with van der Waals surface area (Å²) in [6.45, 7) is 3.35. The van der Waals surface area contributed by atoms with E-state index in [1.54, 1.807) is 0 Å². The van der Waals surface area contributed by atoms with Crippen LogP contribution >= 0.6 is 17.3 Å². The van der Waals surface area contributed by atoms with Gasteiger partial charge < -0.3 is 42.9 Å². The predicted octanol–water partition coefficient (Wildman–Crippen LogP) is -0.390. The van der Waals surface area contributed by atoms with Gasteiger partial charge in [0.05, 0.1) is 26.4 Å². The van der Waals surface area contributed by atoms with Crippen LogP contribution in [0.25, 0.3) is 0 Å². The van der Waals surface area contributed by atoms with Crippen LogP contribution in [0.1, 0.15) is 13.8 Å². The molecule has 8 atom stereocenters. The van der Waals surface area contributed by atoms with Crippen molar-refractivity contribution in [2.45, 2.75) is 49.5 Å². The zero-order valence-corrected chi connectivity index (χ0v) is 16.3. The smallest absolute Gasteiger partial charge is 0.317 e. The van der Waals surface area contributed by atoms with Gasteiger partial charge >= 0.3 is 8.25 Å². The third-order valence-corrected chi connectivity index (χ3v) is 5.51. The lowest BCUT2D eigenvalue weighted by molar-refractivity contribution is -0.0592. The van der Waals surface area contributed by atoms with Crippen molar-refractivity contribution < 1.29 is 47.5 Å². The highest BCUT2D eigenvalue weighted by Crippen LogP contribution is 2.37. The van der Waals surface area contributed by atoms with Crippen molar-refractivity contribution in [2.24, 2.45) is 0 Å². The van der Waals surface area contributed by atoms with Gasteiger partial charge in [-0.15, -0.1) is 0 Å². The Morgan fingerprint density at radius 1 is 1.24 bits per heavy atom. The molecule has 3 N–H and O–H groups in total. The van der Waals surface area contributed by atoms with Crippen molar-refractivity contribution in [3.8, 4) is 0 Å². The molecule has 2 fully saturated rings. The average molecular weight is 404 g/mol. The zero-order valence-electron chi connectivity index (χ0n) is 14.3. The highest BCUT2D eigenvalue weighted by atomic mass is 31.1. The summed E-state index contributed by atoms with van der Waals surface area (Å²) in [5, 5.41) is 19.5. The summed E-state index contributed by atoms with van der Waals surface area (Å²) in [7, 11) is -2.09. The Labute approximate surface area is 148 Å². The standard InChI is InChI=1S/C13H26O10P2/c1-12(15)6-19-9(10(12)23-25(16)17)5-21-24-22-11-8(4-14)20-7-13(11,2)18-3/h8-11,14-15,24-25H,4-7H2,1-3H3,(H,16,17)/t8-,9-,10?,11?,12-,13+/m1/s1. The highest BCUT2D eigenvalue weighted by molar-refractivity contribution is 7.32. The van der Waals surface area contributed by atoms with Crippen LogP contribution in [0.5, 0.6) is 0 Å². The Morgan fingerprint density at radius 2 is 1.92 bits per heavy atom. The SMILES string of the molecule is CO[C@@]1(C)CO[C@H](CO)C1OPOC[C@H]1OC[C@@](C)(O)C1O[PH](=O)O. The molecule has 2 aliphatic rings. The number of hydrogen-bond acceptors (Lipinski definition) is 9. The molecule has 0 spiro atoms. The van der Waals surface area contributed by atoms with E-state index in [0.717, 1.165) is 0 Å². The molecule has 0 aromatic carbocycles. The summed E-state index contributed by atoms with van der Waals surface area (Å²) in [4.78, 5) is 8.96. The van der Waals surface area contributed by atoms with E-state index in [1.807, 2.05) is 6.92 Å². The molecule has 2 rings (SSSR count). The second-order valence-electron chi connectivity index (χ2n) is 6.49. The number of aliphatic hydroxyl groups is 2. The first-order valence-electron chi connectivity index (χ1n) is 7.77. The van der Waals surface area contributed by atoms with Crippen LogP contribution in [-0.2, 0) is 32.3 Å². The molecule has 10 nitrogen and oxygen atoms in total. The maximum Gasteiger partial charge on any atom is 0.317 e. The summed E-state index contributed by atoms with van der Waals surface area (Å²) in [6.07, 6.45) is -2.69. The van der Waals surface area contributed by atoms with Gasteiger partial charge in [0.25, 0.3) is 0 Å². The van der Waals surface area contributed by atoms with Crippen molar-refractivity contribution in [1.29, 1.82) is 0 Å². The Hall–Kier alpha value is 0.300. The molecule has 0 aromatic heterocycles. The number of methoxy groups -OCH3 is 1. The number of aliphatic hydroxyl groups excluding tert-OH is 1. The van der Waals surface area contributed by atoms with Gasteiger partial charge in [-0.2, -0.15) is 0 Å². The van der Waals surface area contributed by atoms with Crippen LogP contribution in [0.4, 0.5) is 0 Å². The van der Waals surface area contributed by atoms with Gasteiger partial charge in [-0.05, 0) is 13.8 Å². The van der Waals surface area contributed by atoms with E-state index in [-0.39, 0.29) is 19.8 Å². The summed E-state index contributed by atoms with van der Waals surface area (Å²) < 4.78 is 43.2. The molecule has 0 saturated carbocycles. The average Bonchev–Trinajstić information content (AvgIpc) is 3.02. The van der Waals surface area contributed by atoms with Crippen LogP contribution in [0, 0.1) is 0 Å². The molecule has 4 unspecified atom stereocenters. The minimum atomic E-state index is -3.23. The molecule has 2 aliphatic heterocycles. The van der Waals surface area contributed by atoms with Crippen molar-refractivity contribution in [3.63, 3.8) is 0 Å². The second-order valence-corrected chi connectivity index (χ2v) is 7.95. The fraction of sp³-hybridized carbons (Fsp3) is 1.00. The van der Waals surface area contributed by atoms with Crippen LogP contribution in [0.2, 0.25) is 0 Å². The van der Waals surface area contributed by atoms with Crippen LogP contribution in [-0.4, -0.2) is 84.3 Å². The molecule has 2 saturated heterocycles. The first kappa shape index (κ1) is 21.6. The van der Waals surface area contributed by atoms with Crippen molar-refractivity contribution in [3.05, 3.63) is 0 Å². The van der Waals surface area contributed by atoms with Crippen molar-refractivity contribution >= 4 is 17.3 Å².